The molecular weight excluding hydrogens is 322 g/mol. The first-order chi connectivity index (χ1) is 12.0. The van der Waals surface area contributed by atoms with Crippen LogP contribution in [0.25, 0.3) is 0 Å². The number of amides is 2. The van der Waals surface area contributed by atoms with E-state index >= 15 is 0 Å². The topological polar surface area (TPSA) is 62.3 Å². The summed E-state index contributed by atoms with van der Waals surface area (Å²) < 4.78 is 10.5. The molecule has 25 heavy (non-hydrogen) atoms. The number of carbonyl (C=O) groups excluding carboxylic acids is 2. The lowest BCUT2D eigenvalue weighted by molar-refractivity contribution is -0.131. The normalized spacial score (nSPS) is 25.3. The van der Waals surface area contributed by atoms with Gasteiger partial charge in [-0.15, -0.1) is 0 Å². The minimum atomic E-state index is -0.215. The van der Waals surface area contributed by atoms with Gasteiger partial charge in [-0.1, -0.05) is 13.3 Å². The number of ether oxygens (including phenoxy) is 2. The third kappa shape index (κ3) is 5.07. The first-order valence-electron chi connectivity index (χ1n) is 9.42. The van der Waals surface area contributed by atoms with Gasteiger partial charge in [0.25, 0.3) is 0 Å². The molecule has 2 rings (SSSR count). The Kier molecular flexibility index (Phi) is 7.50. The van der Waals surface area contributed by atoms with Crippen LogP contribution in [0.15, 0.2) is 0 Å². The number of carbonyl (C=O) groups is 2. The second kappa shape index (κ2) is 9.38. The summed E-state index contributed by atoms with van der Waals surface area (Å²) in [5.74, 6) is 0.185. The molecule has 2 saturated heterocycles. The summed E-state index contributed by atoms with van der Waals surface area (Å²) >= 11 is 0. The van der Waals surface area contributed by atoms with Gasteiger partial charge in [-0.25, -0.2) is 4.79 Å². The Hall–Kier alpha value is -1.34. The quantitative estimate of drug-likeness (QED) is 0.677. The van der Waals surface area contributed by atoms with Crippen molar-refractivity contribution < 1.29 is 19.1 Å². The van der Waals surface area contributed by atoms with Gasteiger partial charge in [-0.05, 0) is 26.3 Å². The maximum Gasteiger partial charge on any atom is 0.409 e. The Balaban J connectivity index is 1.99. The molecule has 0 aromatic rings. The third-order valence-electron chi connectivity index (χ3n) is 5.55. The fraction of sp³-hybridized carbons (Fsp3) is 0.889. The van der Waals surface area contributed by atoms with Crippen molar-refractivity contribution in [2.45, 2.75) is 44.6 Å². The van der Waals surface area contributed by atoms with Crippen LogP contribution in [0.3, 0.4) is 0 Å². The number of nitrogens with zero attached hydrogens (tertiary/aromatic N) is 3. The van der Waals surface area contributed by atoms with Crippen LogP contribution in [0.2, 0.25) is 0 Å². The standard InChI is InChI=1S/C18H33N3O4/c1-4-5-13-25-17(23)21-11-10-19(2)18(15-21)7-6-16(22)20(9-8-18)12-14-24-3/h4-15H2,1-3H3/t18-/m1/s1. The van der Waals surface area contributed by atoms with Crippen LogP contribution in [0, 0.1) is 0 Å². The van der Waals surface area contributed by atoms with Crippen molar-refractivity contribution in [3.05, 3.63) is 0 Å². The summed E-state index contributed by atoms with van der Waals surface area (Å²) in [4.78, 5) is 30.8. The van der Waals surface area contributed by atoms with Crippen molar-refractivity contribution in [3.8, 4) is 0 Å². The molecule has 2 amide bonds. The lowest BCUT2D eigenvalue weighted by atomic mass is 9.86. The summed E-state index contributed by atoms with van der Waals surface area (Å²) in [6, 6.07) is 0. The van der Waals surface area contributed by atoms with Gasteiger partial charge in [0.2, 0.25) is 5.91 Å². The number of piperazine rings is 1. The molecule has 1 spiro atoms. The van der Waals surface area contributed by atoms with Gasteiger partial charge in [0.05, 0.1) is 13.2 Å². The van der Waals surface area contributed by atoms with Crippen molar-refractivity contribution in [2.24, 2.45) is 0 Å². The van der Waals surface area contributed by atoms with Crippen LogP contribution >= 0.6 is 0 Å². The molecule has 0 unspecified atom stereocenters. The van der Waals surface area contributed by atoms with Crippen molar-refractivity contribution in [3.63, 3.8) is 0 Å². The maximum absolute atomic E-state index is 12.4. The first-order valence-corrected chi connectivity index (χ1v) is 9.42. The summed E-state index contributed by atoms with van der Waals surface area (Å²) in [6.07, 6.45) is 3.87. The van der Waals surface area contributed by atoms with Crippen LogP contribution in [-0.4, -0.2) is 92.3 Å². The van der Waals surface area contributed by atoms with Gasteiger partial charge in [-0.3, -0.25) is 9.69 Å². The zero-order valence-electron chi connectivity index (χ0n) is 16.0. The molecule has 1 atom stereocenters. The van der Waals surface area contributed by atoms with Crippen LogP contribution < -0.4 is 0 Å². The lowest BCUT2D eigenvalue weighted by Gasteiger charge is -2.48. The molecule has 2 aliphatic heterocycles. The molecule has 0 N–H and O–H groups in total. The molecule has 0 bridgehead atoms. The van der Waals surface area contributed by atoms with Gasteiger partial charge in [0, 0.05) is 51.8 Å². The second-order valence-corrected chi connectivity index (χ2v) is 7.16. The number of unbranched alkanes of at least 4 members (excludes halogenated alkanes) is 1. The predicted octanol–water partition coefficient (Wildman–Crippen LogP) is 1.57. The van der Waals surface area contributed by atoms with Crippen LogP contribution in [0.5, 0.6) is 0 Å². The minimum absolute atomic E-state index is 0.139. The number of hydrogen-bond acceptors (Lipinski definition) is 5. The highest BCUT2D eigenvalue weighted by Gasteiger charge is 2.43. The van der Waals surface area contributed by atoms with E-state index in [1.807, 2.05) is 9.80 Å². The van der Waals surface area contributed by atoms with Crippen molar-refractivity contribution >= 4 is 12.0 Å². The van der Waals surface area contributed by atoms with E-state index in [-0.39, 0.29) is 17.5 Å². The van der Waals surface area contributed by atoms with Crippen molar-refractivity contribution in [1.82, 2.24) is 14.7 Å². The molecule has 2 fully saturated rings. The fourth-order valence-corrected chi connectivity index (χ4v) is 3.68. The van der Waals surface area contributed by atoms with Gasteiger partial charge < -0.3 is 19.3 Å². The van der Waals surface area contributed by atoms with Crippen molar-refractivity contribution in [1.29, 1.82) is 0 Å². The zero-order valence-corrected chi connectivity index (χ0v) is 16.0. The summed E-state index contributed by atoms with van der Waals surface area (Å²) in [5, 5.41) is 0. The Morgan fingerprint density at radius 2 is 2.00 bits per heavy atom. The summed E-state index contributed by atoms with van der Waals surface area (Å²) in [5.41, 5.74) is -0.139. The molecule has 0 aromatic heterocycles. The van der Waals surface area contributed by atoms with Gasteiger partial charge in [0.15, 0.2) is 0 Å². The molecule has 2 heterocycles. The number of hydrogen-bond donors (Lipinski definition) is 0. The van der Waals surface area contributed by atoms with E-state index in [1.165, 1.54) is 0 Å². The number of likely N-dealkylation sites (N-methyl/N-ethyl adjacent to an activating group) is 1. The predicted molar refractivity (Wildman–Crippen MR) is 95.5 cm³/mol. The zero-order chi connectivity index (χ0) is 18.3. The maximum atomic E-state index is 12.4. The largest absolute Gasteiger partial charge is 0.449 e. The Labute approximate surface area is 151 Å². The number of rotatable bonds is 6. The lowest BCUT2D eigenvalue weighted by Crippen LogP contribution is -2.62. The van der Waals surface area contributed by atoms with E-state index in [0.717, 1.165) is 32.2 Å². The van der Waals surface area contributed by atoms with Crippen molar-refractivity contribution in [2.75, 3.05) is 60.1 Å². The highest BCUT2D eigenvalue weighted by Crippen LogP contribution is 2.32. The van der Waals surface area contributed by atoms with Gasteiger partial charge >= 0.3 is 6.09 Å². The molecule has 144 valence electrons. The highest BCUT2D eigenvalue weighted by molar-refractivity contribution is 5.76. The second-order valence-electron chi connectivity index (χ2n) is 7.16. The summed E-state index contributed by atoms with van der Waals surface area (Å²) in [7, 11) is 3.76. The molecule has 7 nitrogen and oxygen atoms in total. The van der Waals surface area contributed by atoms with E-state index in [4.69, 9.17) is 9.47 Å². The van der Waals surface area contributed by atoms with E-state index < -0.39 is 0 Å². The smallest absolute Gasteiger partial charge is 0.409 e. The SMILES string of the molecule is CCCCOC(=O)N1CCN(C)[C@@]2(CCC(=O)N(CCOC)CC2)C1. The molecule has 2 aliphatic rings. The molecule has 0 aliphatic carbocycles. The molecular formula is C18H33N3O4. The number of methoxy groups -OCH3 is 1. The van der Waals surface area contributed by atoms with Gasteiger partial charge in [0.1, 0.15) is 0 Å². The number of likely N-dealkylation sites (tertiary alicyclic amines) is 1. The third-order valence-corrected chi connectivity index (χ3v) is 5.55. The Bertz CT molecular complexity index is 460. The average Bonchev–Trinajstić information content (AvgIpc) is 2.76. The average molecular weight is 355 g/mol. The molecule has 0 radical (unpaired) electrons. The van der Waals surface area contributed by atoms with E-state index in [2.05, 4.69) is 18.9 Å². The van der Waals surface area contributed by atoms with Crippen LogP contribution in [0.1, 0.15) is 39.0 Å². The fourth-order valence-electron chi connectivity index (χ4n) is 3.68. The monoisotopic (exact) mass is 355 g/mol. The molecule has 0 saturated carbocycles. The Morgan fingerprint density at radius 1 is 1.20 bits per heavy atom. The van der Waals surface area contributed by atoms with Crippen LogP contribution in [-0.2, 0) is 14.3 Å². The van der Waals surface area contributed by atoms with E-state index in [1.54, 1.807) is 7.11 Å². The Morgan fingerprint density at radius 3 is 2.72 bits per heavy atom. The summed E-state index contributed by atoms with van der Waals surface area (Å²) in [6.45, 7) is 6.61. The highest BCUT2D eigenvalue weighted by atomic mass is 16.6. The molecule has 7 heteroatoms. The van der Waals surface area contributed by atoms with E-state index in [0.29, 0.717) is 45.8 Å². The van der Waals surface area contributed by atoms with Gasteiger partial charge in [-0.2, -0.15) is 0 Å². The van der Waals surface area contributed by atoms with E-state index in [9.17, 15) is 9.59 Å². The first kappa shape index (κ1) is 20.0. The minimum Gasteiger partial charge on any atom is -0.449 e. The molecule has 0 aromatic carbocycles. The van der Waals surface area contributed by atoms with Crippen LogP contribution in [0.4, 0.5) is 4.79 Å².